The maximum absolute atomic E-state index is 13.2. The lowest BCUT2D eigenvalue weighted by atomic mass is 9.98. The van der Waals surface area contributed by atoms with E-state index in [4.69, 9.17) is 4.99 Å². The zero-order valence-electron chi connectivity index (χ0n) is 18.7. The number of likely N-dealkylation sites (tertiary alicyclic amines) is 1. The molecule has 3 saturated carbocycles. The van der Waals surface area contributed by atoms with E-state index in [1.165, 1.54) is 18.5 Å². The lowest BCUT2D eigenvalue weighted by Crippen LogP contribution is -2.55. The molecule has 2 aliphatic heterocycles. The molecule has 1 spiro atoms. The van der Waals surface area contributed by atoms with E-state index in [1.54, 1.807) is 0 Å². The van der Waals surface area contributed by atoms with Crippen molar-refractivity contribution in [2.75, 3.05) is 19.6 Å². The highest BCUT2D eigenvalue weighted by atomic mass is 16.2. The number of aromatic nitrogens is 1. The van der Waals surface area contributed by atoms with Gasteiger partial charge in [0, 0.05) is 60.4 Å². The fraction of sp³-hybridized carbons (Fsp3) is 0.481. The second-order valence-electron chi connectivity index (χ2n) is 10.6. The molecule has 4 fully saturated rings. The van der Waals surface area contributed by atoms with E-state index >= 15 is 0 Å². The smallest absolute Gasteiger partial charge is 0.256 e. The number of amidine groups is 1. The van der Waals surface area contributed by atoms with Crippen molar-refractivity contribution in [3.63, 3.8) is 0 Å². The minimum Gasteiger partial charge on any atom is -0.342 e. The number of aliphatic imine (C=N–C) groups is 1. The molecule has 2 aromatic rings. The van der Waals surface area contributed by atoms with Crippen LogP contribution < -0.4 is 0 Å². The molecule has 7 rings (SSSR count). The summed E-state index contributed by atoms with van der Waals surface area (Å²) >= 11 is 0. The molecular formula is C27H28N4O2. The van der Waals surface area contributed by atoms with Crippen molar-refractivity contribution in [1.29, 1.82) is 0 Å². The van der Waals surface area contributed by atoms with Gasteiger partial charge in [-0.2, -0.15) is 0 Å². The number of benzene rings is 1. The van der Waals surface area contributed by atoms with Gasteiger partial charge in [-0.05, 0) is 50.2 Å². The number of carbonyl (C=O) groups excluding carboxylic acids is 2. The summed E-state index contributed by atoms with van der Waals surface area (Å²) in [5.41, 5.74) is 3.92. The van der Waals surface area contributed by atoms with Crippen LogP contribution >= 0.6 is 0 Å². The van der Waals surface area contributed by atoms with Crippen molar-refractivity contribution in [3.05, 3.63) is 53.9 Å². The highest BCUT2D eigenvalue weighted by Gasteiger charge is 2.57. The van der Waals surface area contributed by atoms with Gasteiger partial charge < -0.3 is 4.90 Å². The van der Waals surface area contributed by atoms with E-state index < -0.39 is 5.54 Å². The average molecular weight is 441 g/mol. The number of nitrogens with zero attached hydrogens (tertiary/aromatic N) is 4. The van der Waals surface area contributed by atoms with Crippen LogP contribution in [0.15, 0.2) is 47.6 Å². The first-order valence-electron chi connectivity index (χ1n) is 12.4. The average Bonchev–Trinajstić information content (AvgIpc) is 3.69. The van der Waals surface area contributed by atoms with Gasteiger partial charge in [-0.15, -0.1) is 0 Å². The zero-order valence-corrected chi connectivity index (χ0v) is 18.7. The van der Waals surface area contributed by atoms with Crippen LogP contribution in [0.4, 0.5) is 0 Å². The predicted octanol–water partition coefficient (Wildman–Crippen LogP) is 3.62. The molecule has 168 valence electrons. The van der Waals surface area contributed by atoms with E-state index in [1.807, 2.05) is 16.0 Å². The molecule has 5 aliphatic rings. The van der Waals surface area contributed by atoms with E-state index in [0.717, 1.165) is 61.3 Å². The van der Waals surface area contributed by atoms with E-state index in [2.05, 4.69) is 41.4 Å². The minimum atomic E-state index is -0.510. The lowest BCUT2D eigenvalue weighted by molar-refractivity contribution is -0.139. The second kappa shape index (κ2) is 6.99. The summed E-state index contributed by atoms with van der Waals surface area (Å²) < 4.78 is 0. The molecule has 1 saturated heterocycles. The third-order valence-electron chi connectivity index (χ3n) is 7.84. The predicted molar refractivity (Wildman–Crippen MR) is 125 cm³/mol. The Labute approximate surface area is 193 Å². The normalized spacial score (nSPS) is 23.6. The quantitative estimate of drug-likeness (QED) is 0.689. The molecule has 0 atom stereocenters. The first-order chi connectivity index (χ1) is 16.1. The number of hydrogen-bond donors (Lipinski definition) is 0. The molecule has 0 bridgehead atoms. The summed E-state index contributed by atoms with van der Waals surface area (Å²) in [5, 5.41) is 0. The van der Waals surface area contributed by atoms with Crippen LogP contribution in [0, 0.1) is 11.8 Å². The molecule has 6 nitrogen and oxygen atoms in total. The summed E-state index contributed by atoms with van der Waals surface area (Å²) in [7, 11) is 0. The van der Waals surface area contributed by atoms with Crippen LogP contribution in [0.1, 0.15) is 55.7 Å². The second-order valence-corrected chi connectivity index (χ2v) is 10.6. The van der Waals surface area contributed by atoms with Crippen LogP contribution in [-0.4, -0.2) is 57.6 Å². The first-order valence-corrected chi connectivity index (χ1v) is 12.4. The van der Waals surface area contributed by atoms with E-state index in [0.29, 0.717) is 24.3 Å². The summed E-state index contributed by atoms with van der Waals surface area (Å²) in [6.07, 6.45) is 8.27. The standard InChI is InChI=1S/C27H28N4O2/c32-25(21-7-8-21)30-14-17(15-30)16-31-24(29-27(11-12-27)26(31)33)20-5-1-18(2-6-20)22-9-10-23(28-13-22)19-3-4-19/h1-2,5-6,9-10,13,17,19,21H,3-4,7-8,11-12,14-16H2. The molecule has 33 heavy (non-hydrogen) atoms. The molecule has 3 heterocycles. The van der Waals surface area contributed by atoms with Gasteiger partial charge >= 0.3 is 0 Å². The zero-order chi connectivity index (χ0) is 22.2. The van der Waals surface area contributed by atoms with Crippen LogP contribution in [-0.2, 0) is 9.59 Å². The van der Waals surface area contributed by atoms with Gasteiger partial charge in [0.05, 0.1) is 0 Å². The third kappa shape index (κ3) is 3.38. The Hall–Kier alpha value is -3.02. The number of carbonyl (C=O) groups is 2. The largest absolute Gasteiger partial charge is 0.342 e. The van der Waals surface area contributed by atoms with E-state index in [9.17, 15) is 9.59 Å². The Bertz CT molecular complexity index is 1150. The third-order valence-corrected chi connectivity index (χ3v) is 7.84. The summed E-state index contributed by atoms with van der Waals surface area (Å²) in [4.78, 5) is 38.9. The van der Waals surface area contributed by atoms with Crippen molar-refractivity contribution >= 4 is 17.6 Å². The van der Waals surface area contributed by atoms with Gasteiger partial charge in [0.1, 0.15) is 11.4 Å². The number of hydrogen-bond acceptors (Lipinski definition) is 4. The number of amides is 2. The monoisotopic (exact) mass is 440 g/mol. The molecule has 0 N–H and O–H groups in total. The SMILES string of the molecule is O=C(C1CC1)N1CC(CN2C(=O)C3(CC3)N=C2c2ccc(-c3ccc(C4CC4)nc3)cc2)C1. The van der Waals surface area contributed by atoms with Crippen LogP contribution in [0.3, 0.4) is 0 Å². The van der Waals surface area contributed by atoms with Crippen LogP contribution in [0.2, 0.25) is 0 Å². The van der Waals surface area contributed by atoms with Gasteiger partial charge in [0.15, 0.2) is 0 Å². The Morgan fingerprint density at radius 3 is 2.24 bits per heavy atom. The van der Waals surface area contributed by atoms with Crippen molar-refractivity contribution in [1.82, 2.24) is 14.8 Å². The van der Waals surface area contributed by atoms with E-state index in [-0.39, 0.29) is 11.8 Å². The van der Waals surface area contributed by atoms with Crippen molar-refractivity contribution < 1.29 is 9.59 Å². The molecule has 1 aromatic carbocycles. The van der Waals surface area contributed by atoms with Gasteiger partial charge in [0.25, 0.3) is 5.91 Å². The van der Waals surface area contributed by atoms with Crippen molar-refractivity contribution in [2.45, 2.75) is 50.0 Å². The molecule has 6 heteroatoms. The van der Waals surface area contributed by atoms with Crippen molar-refractivity contribution in [2.24, 2.45) is 16.8 Å². The molecule has 2 amide bonds. The van der Waals surface area contributed by atoms with Gasteiger partial charge in [-0.1, -0.05) is 30.3 Å². The fourth-order valence-corrected chi connectivity index (χ4v) is 5.21. The molecule has 0 unspecified atom stereocenters. The Kier molecular flexibility index (Phi) is 4.12. The topological polar surface area (TPSA) is 65.9 Å². The Morgan fingerprint density at radius 1 is 0.939 bits per heavy atom. The summed E-state index contributed by atoms with van der Waals surface area (Å²) in [6, 6.07) is 12.7. The van der Waals surface area contributed by atoms with Crippen LogP contribution in [0.5, 0.6) is 0 Å². The summed E-state index contributed by atoms with van der Waals surface area (Å²) in [5.74, 6) is 2.53. The highest BCUT2D eigenvalue weighted by molar-refractivity contribution is 6.16. The maximum atomic E-state index is 13.2. The van der Waals surface area contributed by atoms with Gasteiger partial charge in [0.2, 0.25) is 5.91 Å². The molecule has 1 aromatic heterocycles. The number of pyridine rings is 1. The highest BCUT2D eigenvalue weighted by Crippen LogP contribution is 2.46. The number of rotatable bonds is 6. The Balaban J connectivity index is 1.08. The lowest BCUT2D eigenvalue weighted by Gasteiger charge is -2.41. The first kappa shape index (κ1) is 19.4. The fourth-order valence-electron chi connectivity index (χ4n) is 5.21. The molecule has 3 aliphatic carbocycles. The minimum absolute atomic E-state index is 0.147. The van der Waals surface area contributed by atoms with Gasteiger partial charge in [-0.3, -0.25) is 24.5 Å². The summed E-state index contributed by atoms with van der Waals surface area (Å²) in [6.45, 7) is 2.19. The Morgan fingerprint density at radius 2 is 1.64 bits per heavy atom. The van der Waals surface area contributed by atoms with Crippen LogP contribution in [0.25, 0.3) is 11.1 Å². The van der Waals surface area contributed by atoms with Crippen molar-refractivity contribution in [3.8, 4) is 11.1 Å². The maximum Gasteiger partial charge on any atom is 0.256 e. The van der Waals surface area contributed by atoms with Gasteiger partial charge in [-0.25, -0.2) is 0 Å². The molecular weight excluding hydrogens is 412 g/mol. The molecule has 0 radical (unpaired) electrons.